The molecule has 3 aromatic rings. The lowest BCUT2D eigenvalue weighted by atomic mass is 9.43. The minimum atomic E-state index is -1.28. The molecule has 1 aromatic carbocycles. The molecule has 2 aliphatic heterocycles. The number of nitrogens with zero attached hydrogens (tertiary/aromatic N) is 3. The van der Waals surface area contributed by atoms with Crippen molar-refractivity contribution in [2.24, 2.45) is 28.3 Å². The number of pyridine rings is 1. The van der Waals surface area contributed by atoms with Gasteiger partial charge in [0.05, 0.1) is 29.9 Å². The monoisotopic (exact) mass is 625 g/mol. The molecule has 1 saturated heterocycles. The highest BCUT2D eigenvalue weighted by atomic mass is 16.7. The molecular formula is C35H44BN5O5. The molecule has 0 radical (unpaired) electrons. The van der Waals surface area contributed by atoms with Crippen LogP contribution in [0.5, 0.6) is 0 Å². The van der Waals surface area contributed by atoms with Gasteiger partial charge in [0.15, 0.2) is 0 Å². The van der Waals surface area contributed by atoms with Gasteiger partial charge in [-0.3, -0.25) is 14.0 Å². The second-order valence-corrected chi connectivity index (χ2v) is 14.9. The van der Waals surface area contributed by atoms with Crippen molar-refractivity contribution >= 4 is 30.3 Å². The lowest BCUT2D eigenvalue weighted by Gasteiger charge is -2.64. The maximum absolute atomic E-state index is 14.4. The summed E-state index contributed by atoms with van der Waals surface area (Å²) in [5, 5.41) is 10.6. The minimum absolute atomic E-state index is 0.0218. The number of amides is 2. The van der Waals surface area contributed by atoms with E-state index in [0.717, 1.165) is 12.0 Å². The molecule has 4 fully saturated rings. The first kappa shape index (κ1) is 30.9. The van der Waals surface area contributed by atoms with Crippen molar-refractivity contribution in [3.63, 3.8) is 0 Å². The van der Waals surface area contributed by atoms with Gasteiger partial charge in [0, 0.05) is 25.2 Å². The topological polar surface area (TPSA) is 116 Å². The third-order valence-electron chi connectivity index (χ3n) is 11.0. The van der Waals surface area contributed by atoms with Crippen molar-refractivity contribution in [2.45, 2.75) is 90.0 Å². The summed E-state index contributed by atoms with van der Waals surface area (Å²) in [6.07, 6.45) is 6.84. The molecule has 10 nitrogen and oxygen atoms in total. The quantitative estimate of drug-likeness (QED) is 0.318. The molecular weight excluding hydrogens is 581 g/mol. The predicted octanol–water partition coefficient (Wildman–Crippen LogP) is 4.62. The van der Waals surface area contributed by atoms with Crippen LogP contribution in [0.2, 0.25) is 0 Å². The maximum Gasteiger partial charge on any atom is 0.481 e. The molecule has 2 bridgehead atoms. The van der Waals surface area contributed by atoms with Crippen molar-refractivity contribution in [3.05, 3.63) is 72.2 Å². The van der Waals surface area contributed by atoms with Gasteiger partial charge >= 0.3 is 7.12 Å². The van der Waals surface area contributed by atoms with Crippen LogP contribution >= 0.6 is 0 Å². The van der Waals surface area contributed by atoms with Crippen molar-refractivity contribution in [2.75, 3.05) is 6.54 Å². The zero-order valence-corrected chi connectivity index (χ0v) is 27.4. The van der Waals surface area contributed by atoms with E-state index < -0.39 is 12.7 Å². The van der Waals surface area contributed by atoms with Crippen molar-refractivity contribution in [3.8, 4) is 0 Å². The molecule has 1 unspecified atom stereocenters. The Morgan fingerprint density at radius 2 is 1.89 bits per heavy atom. The number of imidazole rings is 1. The van der Waals surface area contributed by atoms with Crippen LogP contribution in [0.4, 0.5) is 0 Å². The zero-order chi connectivity index (χ0) is 32.3. The first-order valence-corrected chi connectivity index (χ1v) is 16.6. The predicted molar refractivity (Wildman–Crippen MR) is 175 cm³/mol. The van der Waals surface area contributed by atoms with Crippen molar-refractivity contribution in [1.29, 1.82) is 0 Å². The molecule has 6 atom stereocenters. The second kappa shape index (κ2) is 11.5. The first-order valence-electron chi connectivity index (χ1n) is 16.6. The standard InChI is InChI=1S/C35H44BN5O5/c1-22(2)16-29(36-44-28-18-24-17-27(33(24,3)4)34(28,5)45-36)39-32(43)35(19-23-10-7-6-8-11-23)20-25(40-46-35)21-38-31(42)26-12-9-13-30-37-14-15-41(26)30/h6-15,22,24,27-29H,16-21H2,1-5H3,(H,38,42)(H,39,43)/t24-,27-,28+,29-,34-,35?/m0/s1. The van der Waals surface area contributed by atoms with Gasteiger partial charge < -0.3 is 24.8 Å². The zero-order valence-electron chi connectivity index (χ0n) is 27.4. The van der Waals surface area contributed by atoms with Gasteiger partial charge in [0.2, 0.25) is 5.60 Å². The SMILES string of the molecule is CC(C)C[C@H](NC(=O)C1(Cc2ccccc2)CC(CNC(=O)c2cccc3nccn23)=NO1)B1O[C@@H]2C[C@@H]3C[C@@H](C3(C)C)[C@]2(C)O1. The summed E-state index contributed by atoms with van der Waals surface area (Å²) in [5.41, 5.74) is 1.28. The number of hydrogen-bond acceptors (Lipinski definition) is 7. The average Bonchev–Trinajstić information content (AvgIpc) is 3.76. The van der Waals surface area contributed by atoms with Crippen LogP contribution in [0.3, 0.4) is 0 Å². The van der Waals surface area contributed by atoms with Gasteiger partial charge in [0.1, 0.15) is 11.3 Å². The summed E-state index contributed by atoms with van der Waals surface area (Å²) in [5.74, 6) is 0.493. The summed E-state index contributed by atoms with van der Waals surface area (Å²) >= 11 is 0. The number of aromatic nitrogens is 2. The van der Waals surface area contributed by atoms with Gasteiger partial charge in [-0.15, -0.1) is 0 Å². The number of oxime groups is 1. The summed E-state index contributed by atoms with van der Waals surface area (Å²) in [6, 6.07) is 15.2. The molecule has 2 N–H and O–H groups in total. The van der Waals surface area contributed by atoms with Crippen LogP contribution in [-0.4, -0.2) is 63.8 Å². The minimum Gasteiger partial charge on any atom is -0.404 e. The summed E-state index contributed by atoms with van der Waals surface area (Å²) in [6.45, 7) is 11.3. The molecule has 11 heteroatoms. The van der Waals surface area contributed by atoms with Crippen LogP contribution in [0.25, 0.3) is 5.65 Å². The average molecular weight is 626 g/mol. The molecule has 3 aliphatic carbocycles. The van der Waals surface area contributed by atoms with E-state index in [4.69, 9.17) is 14.1 Å². The van der Waals surface area contributed by atoms with E-state index in [1.807, 2.05) is 36.4 Å². The van der Waals surface area contributed by atoms with E-state index >= 15 is 0 Å². The van der Waals surface area contributed by atoms with Crippen molar-refractivity contribution in [1.82, 2.24) is 20.0 Å². The molecule has 4 heterocycles. The van der Waals surface area contributed by atoms with E-state index in [1.54, 1.807) is 28.9 Å². The number of carbonyl (C=O) groups excluding carboxylic acids is 2. The van der Waals surface area contributed by atoms with E-state index in [9.17, 15) is 9.59 Å². The Labute approximate surface area is 270 Å². The van der Waals surface area contributed by atoms with Crippen molar-refractivity contribution < 1.29 is 23.7 Å². The van der Waals surface area contributed by atoms with E-state index in [1.165, 1.54) is 6.42 Å². The van der Waals surface area contributed by atoms with Gasteiger partial charge in [0.25, 0.3) is 11.8 Å². The van der Waals surface area contributed by atoms with Gasteiger partial charge in [-0.05, 0) is 67.1 Å². The fourth-order valence-corrected chi connectivity index (χ4v) is 8.39. The van der Waals surface area contributed by atoms with Gasteiger partial charge in [-0.2, -0.15) is 0 Å². The first-order chi connectivity index (χ1) is 22.0. The highest BCUT2D eigenvalue weighted by molar-refractivity contribution is 6.48. The number of hydrogen-bond donors (Lipinski definition) is 2. The number of rotatable bonds is 10. The molecule has 0 spiro atoms. The number of carbonyl (C=O) groups is 2. The second-order valence-electron chi connectivity index (χ2n) is 14.9. The Bertz CT molecular complexity index is 1660. The Balaban J connectivity index is 1.08. The van der Waals surface area contributed by atoms with E-state index in [-0.39, 0.29) is 47.8 Å². The third-order valence-corrected chi connectivity index (χ3v) is 11.0. The normalized spacial score (nSPS) is 29.9. The fourth-order valence-electron chi connectivity index (χ4n) is 8.39. The maximum atomic E-state index is 14.4. The molecule has 5 aliphatic rings. The molecule has 46 heavy (non-hydrogen) atoms. The van der Waals surface area contributed by atoms with Crippen LogP contribution in [0.1, 0.15) is 76.4 Å². The molecule has 242 valence electrons. The third kappa shape index (κ3) is 5.31. The lowest BCUT2D eigenvalue weighted by Crippen LogP contribution is -2.65. The van der Waals surface area contributed by atoms with E-state index in [0.29, 0.717) is 47.6 Å². The Kier molecular flexibility index (Phi) is 7.75. The molecule has 8 rings (SSSR count). The van der Waals surface area contributed by atoms with Crippen LogP contribution in [-0.2, 0) is 25.4 Å². The Morgan fingerprint density at radius 3 is 2.65 bits per heavy atom. The smallest absolute Gasteiger partial charge is 0.404 e. The molecule has 3 saturated carbocycles. The fraction of sp³-hybridized carbons (Fsp3) is 0.543. The molecule has 2 amide bonds. The number of benzene rings is 1. The lowest BCUT2D eigenvalue weighted by molar-refractivity contribution is -0.199. The summed E-state index contributed by atoms with van der Waals surface area (Å²) in [4.78, 5) is 37.9. The highest BCUT2D eigenvalue weighted by Gasteiger charge is 2.68. The van der Waals surface area contributed by atoms with Crippen LogP contribution in [0, 0.1) is 23.2 Å². The Hall–Kier alpha value is -3.70. The van der Waals surface area contributed by atoms with Crippen LogP contribution in [0.15, 0.2) is 66.1 Å². The largest absolute Gasteiger partial charge is 0.481 e. The summed E-state index contributed by atoms with van der Waals surface area (Å²) in [7, 11) is -0.544. The summed E-state index contributed by atoms with van der Waals surface area (Å²) < 4.78 is 15.2. The van der Waals surface area contributed by atoms with E-state index in [2.05, 4.69) is 55.4 Å². The van der Waals surface area contributed by atoms with Crippen LogP contribution < -0.4 is 10.6 Å². The Morgan fingerprint density at radius 1 is 1.09 bits per heavy atom. The van der Waals surface area contributed by atoms with Gasteiger partial charge in [-0.25, -0.2) is 4.98 Å². The number of fused-ring (bicyclic) bond motifs is 1. The highest BCUT2D eigenvalue weighted by Crippen LogP contribution is 2.65. The molecule has 2 aromatic heterocycles. The number of nitrogens with one attached hydrogen (secondary N) is 2. The van der Waals surface area contributed by atoms with Gasteiger partial charge in [-0.1, -0.05) is 69.2 Å².